The summed E-state index contributed by atoms with van der Waals surface area (Å²) in [5, 5.41) is 3.13. The number of hydrogen-bond donors (Lipinski definition) is 2. The monoisotopic (exact) mass is 297 g/mol. The minimum absolute atomic E-state index is 0.417. The molecular formula is C18H23N3O. The molecule has 0 fully saturated rings. The molecule has 4 nitrogen and oxygen atoms in total. The first-order chi connectivity index (χ1) is 10.7. The van der Waals surface area contributed by atoms with Gasteiger partial charge in [0.05, 0.1) is 13.2 Å². The number of rotatable bonds is 6. The van der Waals surface area contributed by atoms with E-state index in [0.29, 0.717) is 19.1 Å². The molecule has 0 unspecified atom stereocenters. The fourth-order valence-electron chi connectivity index (χ4n) is 2.23. The van der Waals surface area contributed by atoms with Gasteiger partial charge in [0.25, 0.3) is 0 Å². The van der Waals surface area contributed by atoms with Crippen LogP contribution < -0.4 is 11.1 Å². The van der Waals surface area contributed by atoms with E-state index in [-0.39, 0.29) is 0 Å². The van der Waals surface area contributed by atoms with Crippen LogP contribution in [0.25, 0.3) is 0 Å². The Kier molecular flexibility index (Phi) is 5.98. The number of aryl methyl sites for hydroxylation is 1. The first-order valence-electron chi connectivity index (χ1n) is 7.44. The second-order valence-electron chi connectivity index (χ2n) is 5.08. The lowest BCUT2D eigenvalue weighted by Gasteiger charge is -2.09. The highest BCUT2D eigenvalue weighted by molar-refractivity contribution is 5.92. The lowest BCUT2D eigenvalue weighted by Crippen LogP contribution is -2.22. The molecule has 116 valence electrons. The Labute approximate surface area is 132 Å². The highest BCUT2D eigenvalue weighted by Crippen LogP contribution is 2.12. The molecule has 4 heteroatoms. The van der Waals surface area contributed by atoms with Crippen molar-refractivity contribution < 1.29 is 4.74 Å². The number of nitrogens with zero attached hydrogens (tertiary/aromatic N) is 1. The smallest absolute Gasteiger partial charge is 0.193 e. The Morgan fingerprint density at radius 1 is 1.14 bits per heavy atom. The zero-order chi connectivity index (χ0) is 15.8. The van der Waals surface area contributed by atoms with E-state index in [4.69, 9.17) is 10.5 Å². The molecule has 0 aliphatic rings. The van der Waals surface area contributed by atoms with Crippen molar-refractivity contribution in [3.05, 3.63) is 65.2 Å². The molecule has 0 saturated heterocycles. The van der Waals surface area contributed by atoms with Crippen LogP contribution in [-0.2, 0) is 24.3 Å². The molecule has 3 N–H and O–H groups in total. The van der Waals surface area contributed by atoms with Gasteiger partial charge < -0.3 is 15.8 Å². The SMILES string of the molecule is CCc1cccc(NC(N)=NCc2ccccc2COC)c1. The normalized spacial score (nSPS) is 11.5. The molecule has 2 aromatic rings. The highest BCUT2D eigenvalue weighted by Gasteiger charge is 2.01. The van der Waals surface area contributed by atoms with Gasteiger partial charge >= 0.3 is 0 Å². The number of nitrogens with two attached hydrogens (primary N) is 1. The Morgan fingerprint density at radius 3 is 2.64 bits per heavy atom. The molecule has 0 aliphatic carbocycles. The van der Waals surface area contributed by atoms with Crippen LogP contribution in [0.5, 0.6) is 0 Å². The molecule has 0 aliphatic heterocycles. The third kappa shape index (κ3) is 4.60. The van der Waals surface area contributed by atoms with Gasteiger partial charge in [0.2, 0.25) is 0 Å². The van der Waals surface area contributed by atoms with Gasteiger partial charge in [-0.2, -0.15) is 0 Å². The van der Waals surface area contributed by atoms with Crippen molar-refractivity contribution in [2.45, 2.75) is 26.5 Å². The molecule has 2 aromatic carbocycles. The number of benzene rings is 2. The fourth-order valence-corrected chi connectivity index (χ4v) is 2.23. The van der Waals surface area contributed by atoms with Gasteiger partial charge in [-0.3, -0.25) is 0 Å². The van der Waals surface area contributed by atoms with Crippen molar-refractivity contribution in [2.75, 3.05) is 12.4 Å². The first kappa shape index (κ1) is 16.0. The maximum atomic E-state index is 5.98. The maximum absolute atomic E-state index is 5.98. The summed E-state index contributed by atoms with van der Waals surface area (Å²) in [7, 11) is 1.69. The largest absolute Gasteiger partial charge is 0.380 e. The van der Waals surface area contributed by atoms with Crippen molar-refractivity contribution in [1.29, 1.82) is 0 Å². The molecule has 0 bridgehead atoms. The van der Waals surface area contributed by atoms with Gasteiger partial charge in [-0.25, -0.2) is 4.99 Å². The topological polar surface area (TPSA) is 59.6 Å². The van der Waals surface area contributed by atoms with Crippen LogP contribution >= 0.6 is 0 Å². The van der Waals surface area contributed by atoms with E-state index in [1.165, 1.54) is 5.56 Å². The van der Waals surface area contributed by atoms with Crippen molar-refractivity contribution in [3.63, 3.8) is 0 Å². The summed E-state index contributed by atoms with van der Waals surface area (Å²) in [6.07, 6.45) is 0.997. The quantitative estimate of drug-likeness (QED) is 0.635. The lowest BCUT2D eigenvalue weighted by atomic mass is 10.1. The van der Waals surface area contributed by atoms with Gasteiger partial charge in [-0.05, 0) is 35.2 Å². The van der Waals surface area contributed by atoms with E-state index in [2.05, 4.69) is 29.4 Å². The van der Waals surface area contributed by atoms with Crippen LogP contribution in [-0.4, -0.2) is 13.1 Å². The van der Waals surface area contributed by atoms with Gasteiger partial charge in [0, 0.05) is 12.8 Å². The van der Waals surface area contributed by atoms with Crippen LogP contribution in [0, 0.1) is 0 Å². The molecule has 0 aromatic heterocycles. The summed E-state index contributed by atoms with van der Waals surface area (Å²) in [5.74, 6) is 0.417. The molecule has 0 radical (unpaired) electrons. The Hall–Kier alpha value is -2.33. The minimum Gasteiger partial charge on any atom is -0.380 e. The Balaban J connectivity index is 2.03. The van der Waals surface area contributed by atoms with Gasteiger partial charge in [-0.15, -0.1) is 0 Å². The van der Waals surface area contributed by atoms with Crippen LogP contribution in [0.4, 0.5) is 5.69 Å². The number of ether oxygens (including phenoxy) is 1. The number of methoxy groups -OCH3 is 1. The standard InChI is InChI=1S/C18H23N3O/c1-3-14-7-6-10-17(11-14)21-18(19)20-12-15-8-4-5-9-16(15)13-22-2/h4-11H,3,12-13H2,1-2H3,(H3,19,20,21). The van der Waals surface area contributed by atoms with E-state index in [9.17, 15) is 0 Å². The van der Waals surface area contributed by atoms with Crippen LogP contribution in [0.1, 0.15) is 23.6 Å². The van der Waals surface area contributed by atoms with Crippen LogP contribution in [0.2, 0.25) is 0 Å². The predicted molar refractivity (Wildman–Crippen MR) is 91.9 cm³/mol. The van der Waals surface area contributed by atoms with Crippen molar-refractivity contribution in [2.24, 2.45) is 10.7 Å². The molecule has 0 saturated carbocycles. The van der Waals surface area contributed by atoms with E-state index in [1.54, 1.807) is 7.11 Å². The third-order valence-electron chi connectivity index (χ3n) is 3.45. The lowest BCUT2D eigenvalue weighted by molar-refractivity contribution is 0.184. The number of nitrogens with one attached hydrogen (secondary N) is 1. The van der Waals surface area contributed by atoms with Gasteiger partial charge in [0.1, 0.15) is 0 Å². The first-order valence-corrected chi connectivity index (χ1v) is 7.44. The highest BCUT2D eigenvalue weighted by atomic mass is 16.5. The second-order valence-corrected chi connectivity index (χ2v) is 5.08. The number of aliphatic imine (C=N–C) groups is 1. The van der Waals surface area contributed by atoms with Crippen LogP contribution in [0.3, 0.4) is 0 Å². The predicted octanol–water partition coefficient (Wildman–Crippen LogP) is 3.32. The summed E-state index contributed by atoms with van der Waals surface area (Å²) in [5.41, 5.74) is 10.5. The minimum atomic E-state index is 0.417. The summed E-state index contributed by atoms with van der Waals surface area (Å²) in [6, 6.07) is 16.3. The van der Waals surface area contributed by atoms with Gasteiger partial charge in [-0.1, -0.05) is 43.3 Å². The third-order valence-corrected chi connectivity index (χ3v) is 3.45. The molecule has 0 atom stereocenters. The summed E-state index contributed by atoms with van der Waals surface area (Å²) < 4.78 is 5.20. The molecule has 2 rings (SSSR count). The average Bonchev–Trinajstić information content (AvgIpc) is 2.54. The average molecular weight is 297 g/mol. The fraction of sp³-hybridized carbons (Fsp3) is 0.278. The molecular weight excluding hydrogens is 274 g/mol. The van der Waals surface area contributed by atoms with E-state index in [1.807, 2.05) is 36.4 Å². The molecule has 22 heavy (non-hydrogen) atoms. The Morgan fingerprint density at radius 2 is 1.91 bits per heavy atom. The Bertz CT molecular complexity index is 638. The van der Waals surface area contributed by atoms with Crippen molar-refractivity contribution in [3.8, 4) is 0 Å². The maximum Gasteiger partial charge on any atom is 0.193 e. The van der Waals surface area contributed by atoms with E-state index < -0.39 is 0 Å². The van der Waals surface area contributed by atoms with Crippen molar-refractivity contribution in [1.82, 2.24) is 0 Å². The van der Waals surface area contributed by atoms with Crippen LogP contribution in [0.15, 0.2) is 53.5 Å². The second kappa shape index (κ2) is 8.20. The summed E-state index contributed by atoms with van der Waals surface area (Å²) in [6.45, 7) is 3.24. The van der Waals surface area contributed by atoms with E-state index >= 15 is 0 Å². The van der Waals surface area contributed by atoms with Crippen molar-refractivity contribution >= 4 is 11.6 Å². The van der Waals surface area contributed by atoms with Gasteiger partial charge in [0.15, 0.2) is 5.96 Å². The summed E-state index contributed by atoms with van der Waals surface area (Å²) >= 11 is 0. The zero-order valence-electron chi connectivity index (χ0n) is 13.2. The summed E-state index contributed by atoms with van der Waals surface area (Å²) in [4.78, 5) is 4.42. The number of guanidine groups is 1. The van der Waals surface area contributed by atoms with E-state index in [0.717, 1.165) is 23.2 Å². The molecule has 0 spiro atoms. The molecule has 0 heterocycles. The zero-order valence-corrected chi connectivity index (χ0v) is 13.2. The number of anilines is 1. The number of hydrogen-bond acceptors (Lipinski definition) is 2. The molecule has 0 amide bonds.